The zero-order valence-electron chi connectivity index (χ0n) is 11.8. The highest BCUT2D eigenvalue weighted by Gasteiger charge is 2.39. The van der Waals surface area contributed by atoms with Crippen LogP contribution in [-0.2, 0) is 11.0 Å². The van der Waals surface area contributed by atoms with Gasteiger partial charge in [-0.05, 0) is 67.1 Å². The van der Waals surface area contributed by atoms with Crippen LogP contribution in [0.25, 0.3) is 0 Å². The lowest BCUT2D eigenvalue weighted by Crippen LogP contribution is -2.39. The standard InChI is InChI=1S/C14H21BrN2O2S/c1-14(2,20(16)19)8-11(9-6-10(18)7-9)12-4-3-5-13(15)17-12/h3-5,9-11,18H,6-8,16H2,1-2H3/t9?,10?,11-,20?/m0/s1. The molecule has 3 N–H and O–H groups in total. The third-order valence-electron chi connectivity index (χ3n) is 4.09. The van der Waals surface area contributed by atoms with Crippen LogP contribution < -0.4 is 5.14 Å². The van der Waals surface area contributed by atoms with Crippen molar-refractivity contribution in [3.05, 3.63) is 28.5 Å². The van der Waals surface area contributed by atoms with Crippen molar-refractivity contribution in [3.8, 4) is 0 Å². The molecular formula is C14H21BrN2O2S. The Hall–Kier alpha value is -0.300. The Morgan fingerprint density at radius 1 is 1.55 bits per heavy atom. The molecule has 1 saturated carbocycles. The SMILES string of the molecule is CC(C)(C[C@H](c1cccc(Br)n1)C1CC(O)C1)S(N)=O. The van der Waals surface area contributed by atoms with E-state index >= 15 is 0 Å². The fourth-order valence-corrected chi connectivity index (χ4v) is 3.41. The van der Waals surface area contributed by atoms with Crippen molar-refractivity contribution in [1.29, 1.82) is 0 Å². The molecule has 20 heavy (non-hydrogen) atoms. The minimum atomic E-state index is -1.38. The van der Waals surface area contributed by atoms with Gasteiger partial charge in [0.2, 0.25) is 0 Å². The van der Waals surface area contributed by atoms with Gasteiger partial charge in [0.05, 0.1) is 21.8 Å². The molecule has 1 aliphatic rings. The molecule has 0 radical (unpaired) electrons. The largest absolute Gasteiger partial charge is 0.393 e. The lowest BCUT2D eigenvalue weighted by atomic mass is 9.70. The van der Waals surface area contributed by atoms with Gasteiger partial charge in [0.25, 0.3) is 0 Å². The summed E-state index contributed by atoms with van der Waals surface area (Å²) in [7, 11) is -1.38. The fraction of sp³-hybridized carbons (Fsp3) is 0.643. The molecule has 6 heteroatoms. The van der Waals surface area contributed by atoms with Gasteiger partial charge in [-0.3, -0.25) is 5.14 Å². The molecule has 1 unspecified atom stereocenters. The predicted molar refractivity (Wildman–Crippen MR) is 84.4 cm³/mol. The molecule has 1 heterocycles. The smallest absolute Gasteiger partial charge is 0.106 e. The van der Waals surface area contributed by atoms with E-state index in [1.54, 1.807) is 0 Å². The summed E-state index contributed by atoms with van der Waals surface area (Å²) in [5.74, 6) is 0.563. The normalized spacial score (nSPS) is 25.9. The van der Waals surface area contributed by atoms with Gasteiger partial charge >= 0.3 is 0 Å². The van der Waals surface area contributed by atoms with Crippen LogP contribution in [0.4, 0.5) is 0 Å². The van der Waals surface area contributed by atoms with Gasteiger partial charge in [0, 0.05) is 11.6 Å². The van der Waals surface area contributed by atoms with Crippen molar-refractivity contribution in [2.45, 2.75) is 49.9 Å². The van der Waals surface area contributed by atoms with E-state index in [0.29, 0.717) is 12.3 Å². The summed E-state index contributed by atoms with van der Waals surface area (Å²) in [6.07, 6.45) is 2.07. The maximum Gasteiger partial charge on any atom is 0.106 e. The fourth-order valence-electron chi connectivity index (χ4n) is 2.71. The number of aliphatic hydroxyl groups excluding tert-OH is 1. The zero-order chi connectivity index (χ0) is 14.9. The number of rotatable bonds is 5. The molecule has 4 nitrogen and oxygen atoms in total. The van der Waals surface area contributed by atoms with E-state index in [0.717, 1.165) is 23.1 Å². The summed E-state index contributed by atoms with van der Waals surface area (Å²) in [5.41, 5.74) is 0.981. The Morgan fingerprint density at radius 2 is 2.20 bits per heavy atom. The molecule has 1 aromatic heterocycles. The summed E-state index contributed by atoms with van der Waals surface area (Å²) < 4.78 is 12.0. The molecule has 2 atom stereocenters. The van der Waals surface area contributed by atoms with Gasteiger partial charge in [-0.15, -0.1) is 0 Å². The molecule has 0 amide bonds. The first-order chi connectivity index (χ1) is 9.29. The minimum Gasteiger partial charge on any atom is -0.393 e. The molecule has 0 saturated heterocycles. The van der Waals surface area contributed by atoms with E-state index in [-0.39, 0.29) is 12.0 Å². The molecule has 0 aromatic carbocycles. The highest BCUT2D eigenvalue weighted by Crippen LogP contribution is 2.43. The lowest BCUT2D eigenvalue weighted by Gasteiger charge is -2.40. The first-order valence-electron chi connectivity index (χ1n) is 6.76. The summed E-state index contributed by atoms with van der Waals surface area (Å²) in [6, 6.07) is 5.85. The predicted octanol–water partition coefficient (Wildman–Crippen LogP) is 2.49. The third kappa shape index (κ3) is 3.67. The zero-order valence-corrected chi connectivity index (χ0v) is 14.2. The van der Waals surface area contributed by atoms with Crippen LogP contribution in [0, 0.1) is 5.92 Å². The monoisotopic (exact) mass is 360 g/mol. The van der Waals surface area contributed by atoms with Crippen molar-refractivity contribution >= 4 is 26.9 Å². The molecule has 112 valence electrons. The number of pyridine rings is 1. The van der Waals surface area contributed by atoms with Crippen LogP contribution in [0.1, 0.15) is 44.7 Å². The third-order valence-corrected chi connectivity index (χ3v) is 5.79. The van der Waals surface area contributed by atoms with Crippen LogP contribution in [-0.4, -0.2) is 25.2 Å². The van der Waals surface area contributed by atoms with Gasteiger partial charge in [-0.25, -0.2) is 9.19 Å². The number of hydrogen-bond donors (Lipinski definition) is 2. The number of hydrogen-bond acceptors (Lipinski definition) is 3. The van der Waals surface area contributed by atoms with E-state index in [9.17, 15) is 9.32 Å². The summed E-state index contributed by atoms with van der Waals surface area (Å²) in [4.78, 5) is 4.54. The van der Waals surface area contributed by atoms with Gasteiger partial charge in [-0.1, -0.05) is 6.07 Å². The Labute approximate surface area is 130 Å². The van der Waals surface area contributed by atoms with Crippen molar-refractivity contribution in [3.63, 3.8) is 0 Å². The number of nitrogens with zero attached hydrogens (tertiary/aromatic N) is 1. The summed E-state index contributed by atoms with van der Waals surface area (Å²) in [5, 5.41) is 15.2. The van der Waals surface area contributed by atoms with E-state index < -0.39 is 15.7 Å². The highest BCUT2D eigenvalue weighted by molar-refractivity contribution is 9.10. The topological polar surface area (TPSA) is 76.2 Å². The lowest BCUT2D eigenvalue weighted by molar-refractivity contribution is 0.0265. The molecular weight excluding hydrogens is 340 g/mol. The van der Waals surface area contributed by atoms with Crippen LogP contribution in [0.15, 0.2) is 22.8 Å². The molecule has 0 aliphatic heterocycles. The van der Waals surface area contributed by atoms with Crippen LogP contribution >= 0.6 is 15.9 Å². The number of halogens is 1. The molecule has 1 aliphatic carbocycles. The van der Waals surface area contributed by atoms with E-state index in [1.807, 2.05) is 32.0 Å². The average Bonchev–Trinajstić information content (AvgIpc) is 2.32. The first-order valence-corrected chi connectivity index (χ1v) is 8.77. The van der Waals surface area contributed by atoms with Crippen molar-refractivity contribution in [1.82, 2.24) is 4.98 Å². The Kier molecular flexibility index (Phi) is 5.00. The second-order valence-electron chi connectivity index (χ2n) is 6.14. The summed E-state index contributed by atoms with van der Waals surface area (Å²) >= 11 is 3.39. The van der Waals surface area contributed by atoms with Gasteiger partial charge in [-0.2, -0.15) is 0 Å². The van der Waals surface area contributed by atoms with Crippen molar-refractivity contribution in [2.24, 2.45) is 11.1 Å². The Bertz CT molecular complexity index is 504. The quantitative estimate of drug-likeness (QED) is 0.791. The Morgan fingerprint density at radius 3 is 2.70 bits per heavy atom. The first kappa shape index (κ1) is 16.1. The maximum atomic E-state index is 11.7. The molecule has 1 fully saturated rings. The minimum absolute atomic E-state index is 0.179. The second kappa shape index (κ2) is 6.22. The molecule has 2 rings (SSSR count). The van der Waals surface area contributed by atoms with Gasteiger partial charge < -0.3 is 5.11 Å². The summed E-state index contributed by atoms with van der Waals surface area (Å²) in [6.45, 7) is 3.84. The average molecular weight is 361 g/mol. The molecule has 0 spiro atoms. The maximum absolute atomic E-state index is 11.7. The molecule has 1 aromatic rings. The van der Waals surface area contributed by atoms with E-state index in [2.05, 4.69) is 20.9 Å². The number of aromatic nitrogens is 1. The van der Waals surface area contributed by atoms with Gasteiger partial charge in [0.15, 0.2) is 0 Å². The number of aliphatic hydroxyl groups is 1. The Balaban J connectivity index is 2.24. The highest BCUT2D eigenvalue weighted by atomic mass is 79.9. The van der Waals surface area contributed by atoms with Crippen molar-refractivity contribution in [2.75, 3.05) is 0 Å². The number of nitrogens with two attached hydrogens (primary N) is 1. The van der Waals surface area contributed by atoms with Crippen LogP contribution in [0.5, 0.6) is 0 Å². The van der Waals surface area contributed by atoms with Crippen molar-refractivity contribution < 1.29 is 9.32 Å². The van der Waals surface area contributed by atoms with Crippen LogP contribution in [0.2, 0.25) is 0 Å². The van der Waals surface area contributed by atoms with Gasteiger partial charge in [0.1, 0.15) is 4.60 Å². The van der Waals surface area contributed by atoms with E-state index in [1.165, 1.54) is 0 Å². The molecule has 0 bridgehead atoms. The van der Waals surface area contributed by atoms with Crippen LogP contribution in [0.3, 0.4) is 0 Å². The van der Waals surface area contributed by atoms with E-state index in [4.69, 9.17) is 5.14 Å². The second-order valence-corrected chi connectivity index (χ2v) is 8.65.